The lowest BCUT2D eigenvalue weighted by molar-refractivity contribution is 0.215. The molecule has 1 fully saturated rings. The van der Waals surface area contributed by atoms with E-state index in [9.17, 15) is 4.79 Å². The van der Waals surface area contributed by atoms with Crippen molar-refractivity contribution in [3.05, 3.63) is 29.8 Å². The van der Waals surface area contributed by atoms with Crippen LogP contribution in [0.5, 0.6) is 5.75 Å². The summed E-state index contributed by atoms with van der Waals surface area (Å²) in [5.74, 6) is 0.862. The van der Waals surface area contributed by atoms with Crippen molar-refractivity contribution >= 4 is 6.03 Å². The van der Waals surface area contributed by atoms with E-state index in [2.05, 4.69) is 5.32 Å². The Morgan fingerprint density at radius 1 is 1.35 bits per heavy atom. The van der Waals surface area contributed by atoms with Crippen molar-refractivity contribution < 1.29 is 9.53 Å². The molecule has 4 heteroatoms. The minimum Gasteiger partial charge on any atom is -0.491 e. The first kappa shape index (κ1) is 11.8. The van der Waals surface area contributed by atoms with Crippen LogP contribution in [0.2, 0.25) is 0 Å². The fraction of sp³-hybridized carbons (Fsp3) is 0.462. The highest BCUT2D eigenvalue weighted by molar-refractivity contribution is 5.75. The fourth-order valence-corrected chi connectivity index (χ4v) is 1.77. The maximum atomic E-state index is 11.3. The summed E-state index contributed by atoms with van der Waals surface area (Å²) >= 11 is 0. The van der Waals surface area contributed by atoms with Crippen molar-refractivity contribution in [2.75, 3.05) is 13.1 Å². The van der Waals surface area contributed by atoms with Gasteiger partial charge in [-0.1, -0.05) is 12.1 Å². The van der Waals surface area contributed by atoms with Crippen LogP contribution in [-0.2, 0) is 6.54 Å². The number of hydrogen-bond acceptors (Lipinski definition) is 2. The Balaban J connectivity index is 1.95. The highest BCUT2D eigenvalue weighted by atomic mass is 16.5. The number of carbonyl (C=O) groups excluding carboxylic acids is 1. The molecular formula is C13H17N2O2. The van der Waals surface area contributed by atoms with E-state index in [0.717, 1.165) is 17.9 Å². The molecular weight excluding hydrogens is 216 g/mol. The molecule has 0 aromatic heterocycles. The SMILES string of the molecule is CC(C)Oc1ccc(CN2CC[N]C2=O)cc1. The molecule has 0 aliphatic carbocycles. The number of hydrogen-bond donors (Lipinski definition) is 0. The number of amides is 2. The van der Waals surface area contributed by atoms with E-state index in [0.29, 0.717) is 13.1 Å². The van der Waals surface area contributed by atoms with Gasteiger partial charge in [0.2, 0.25) is 0 Å². The van der Waals surface area contributed by atoms with Crippen LogP contribution in [0, 0.1) is 0 Å². The van der Waals surface area contributed by atoms with Gasteiger partial charge in [0.05, 0.1) is 12.6 Å². The van der Waals surface area contributed by atoms with Gasteiger partial charge in [-0.15, -0.1) is 0 Å². The van der Waals surface area contributed by atoms with Crippen LogP contribution in [0.4, 0.5) is 4.79 Å². The summed E-state index contributed by atoms with van der Waals surface area (Å²) in [5.41, 5.74) is 1.10. The molecule has 0 spiro atoms. The van der Waals surface area contributed by atoms with Gasteiger partial charge < -0.3 is 9.64 Å². The molecule has 0 saturated carbocycles. The summed E-state index contributed by atoms with van der Waals surface area (Å²) in [7, 11) is 0. The molecule has 2 amide bonds. The monoisotopic (exact) mass is 233 g/mol. The van der Waals surface area contributed by atoms with E-state index in [1.165, 1.54) is 0 Å². The third-order valence-electron chi connectivity index (χ3n) is 2.56. The van der Waals surface area contributed by atoms with Crippen molar-refractivity contribution in [3.8, 4) is 5.75 Å². The number of nitrogens with zero attached hydrogens (tertiary/aromatic N) is 2. The van der Waals surface area contributed by atoms with Gasteiger partial charge in [-0.25, -0.2) is 10.1 Å². The normalized spacial score (nSPS) is 15.2. The van der Waals surface area contributed by atoms with Crippen LogP contribution in [0.1, 0.15) is 19.4 Å². The van der Waals surface area contributed by atoms with Crippen LogP contribution < -0.4 is 10.1 Å². The van der Waals surface area contributed by atoms with Gasteiger partial charge in [0.15, 0.2) is 0 Å². The molecule has 1 aromatic carbocycles. The molecule has 0 atom stereocenters. The van der Waals surface area contributed by atoms with Crippen LogP contribution in [0.25, 0.3) is 0 Å². The highest BCUT2D eigenvalue weighted by Crippen LogP contribution is 2.15. The molecule has 0 unspecified atom stereocenters. The number of urea groups is 1. The van der Waals surface area contributed by atoms with Gasteiger partial charge in [-0.3, -0.25) is 0 Å². The molecule has 1 aliphatic rings. The van der Waals surface area contributed by atoms with Crippen molar-refractivity contribution in [1.29, 1.82) is 0 Å². The van der Waals surface area contributed by atoms with Crippen LogP contribution in [0.15, 0.2) is 24.3 Å². The highest BCUT2D eigenvalue weighted by Gasteiger charge is 2.20. The summed E-state index contributed by atoms with van der Waals surface area (Å²) in [5, 5.41) is 3.83. The van der Waals surface area contributed by atoms with Gasteiger partial charge in [-0.05, 0) is 31.5 Å². The second-order valence-corrected chi connectivity index (χ2v) is 4.40. The Kier molecular flexibility index (Phi) is 3.52. The van der Waals surface area contributed by atoms with E-state index in [1.807, 2.05) is 38.1 Å². The largest absolute Gasteiger partial charge is 0.491 e. The molecule has 1 heterocycles. The molecule has 0 bridgehead atoms. The smallest absolute Gasteiger partial charge is 0.339 e. The van der Waals surface area contributed by atoms with E-state index < -0.39 is 0 Å². The lowest BCUT2D eigenvalue weighted by Gasteiger charge is -2.14. The van der Waals surface area contributed by atoms with Crippen molar-refractivity contribution in [2.24, 2.45) is 0 Å². The Bertz CT molecular complexity index is 387. The summed E-state index contributed by atoms with van der Waals surface area (Å²) in [6.45, 7) is 5.97. The Morgan fingerprint density at radius 3 is 2.59 bits per heavy atom. The van der Waals surface area contributed by atoms with Gasteiger partial charge in [0, 0.05) is 13.1 Å². The number of carbonyl (C=O) groups is 1. The minimum atomic E-state index is -0.104. The minimum absolute atomic E-state index is 0.104. The molecule has 1 aliphatic heterocycles. The molecule has 17 heavy (non-hydrogen) atoms. The first-order valence-corrected chi connectivity index (χ1v) is 5.87. The fourth-order valence-electron chi connectivity index (χ4n) is 1.77. The lowest BCUT2D eigenvalue weighted by atomic mass is 10.2. The maximum absolute atomic E-state index is 11.3. The third-order valence-corrected chi connectivity index (χ3v) is 2.56. The van der Waals surface area contributed by atoms with Crippen molar-refractivity contribution in [2.45, 2.75) is 26.5 Å². The zero-order chi connectivity index (χ0) is 12.3. The zero-order valence-electron chi connectivity index (χ0n) is 10.2. The standard InChI is InChI=1S/C13H17N2O2/c1-10(2)17-12-5-3-11(4-6-12)9-15-8-7-14-13(15)16/h3-6,10H,7-9H2,1-2H3. The van der Waals surface area contributed by atoms with E-state index in [1.54, 1.807) is 4.90 Å². The predicted molar refractivity (Wildman–Crippen MR) is 65.0 cm³/mol. The maximum Gasteiger partial charge on any atom is 0.339 e. The van der Waals surface area contributed by atoms with Crippen LogP contribution in [0.3, 0.4) is 0 Å². The topological polar surface area (TPSA) is 43.6 Å². The second-order valence-electron chi connectivity index (χ2n) is 4.40. The lowest BCUT2D eigenvalue weighted by Crippen LogP contribution is -2.25. The molecule has 0 N–H and O–H groups in total. The van der Waals surface area contributed by atoms with Gasteiger partial charge in [0.1, 0.15) is 5.75 Å². The second kappa shape index (κ2) is 5.08. The summed E-state index contributed by atoms with van der Waals surface area (Å²) in [6.07, 6.45) is 0.180. The van der Waals surface area contributed by atoms with E-state index >= 15 is 0 Å². The Hall–Kier alpha value is -1.71. The number of ether oxygens (including phenoxy) is 1. The predicted octanol–water partition coefficient (Wildman–Crippen LogP) is 2.01. The summed E-state index contributed by atoms with van der Waals surface area (Å²) in [4.78, 5) is 13.1. The van der Waals surface area contributed by atoms with E-state index in [-0.39, 0.29) is 12.1 Å². The van der Waals surface area contributed by atoms with Gasteiger partial charge in [0.25, 0.3) is 0 Å². The zero-order valence-corrected chi connectivity index (χ0v) is 10.2. The molecule has 4 nitrogen and oxygen atoms in total. The third kappa shape index (κ3) is 3.12. The average molecular weight is 233 g/mol. The Morgan fingerprint density at radius 2 is 2.06 bits per heavy atom. The molecule has 91 valence electrons. The van der Waals surface area contributed by atoms with Crippen LogP contribution in [-0.4, -0.2) is 30.1 Å². The Labute approximate surface area is 102 Å². The van der Waals surface area contributed by atoms with Crippen LogP contribution >= 0.6 is 0 Å². The molecule has 1 saturated heterocycles. The summed E-state index contributed by atoms with van der Waals surface area (Å²) in [6, 6.07) is 7.75. The molecule has 1 radical (unpaired) electrons. The molecule has 2 rings (SSSR count). The first-order valence-electron chi connectivity index (χ1n) is 5.87. The number of rotatable bonds is 4. The van der Waals surface area contributed by atoms with Crippen molar-refractivity contribution in [1.82, 2.24) is 10.2 Å². The average Bonchev–Trinajstić information content (AvgIpc) is 2.67. The quantitative estimate of drug-likeness (QED) is 0.798. The van der Waals surface area contributed by atoms with E-state index in [4.69, 9.17) is 4.74 Å². The van der Waals surface area contributed by atoms with Gasteiger partial charge >= 0.3 is 6.03 Å². The first-order chi connectivity index (χ1) is 8.15. The molecule has 1 aromatic rings. The van der Waals surface area contributed by atoms with Gasteiger partial charge in [-0.2, -0.15) is 0 Å². The van der Waals surface area contributed by atoms with Crippen molar-refractivity contribution in [3.63, 3.8) is 0 Å². The number of benzene rings is 1. The summed E-state index contributed by atoms with van der Waals surface area (Å²) < 4.78 is 5.56.